The SMILES string of the molecule is Cc1ccc2nc(Nc3cccc4cccnc34)sc2c1. The molecule has 102 valence electrons. The van der Waals surface area contributed by atoms with Gasteiger partial charge in [-0.3, -0.25) is 4.98 Å². The van der Waals surface area contributed by atoms with Crippen LogP contribution in [0.5, 0.6) is 0 Å². The summed E-state index contributed by atoms with van der Waals surface area (Å²) in [6.07, 6.45) is 1.81. The van der Waals surface area contributed by atoms with Crippen molar-refractivity contribution in [1.82, 2.24) is 9.97 Å². The van der Waals surface area contributed by atoms with Crippen molar-refractivity contribution >= 4 is 43.3 Å². The van der Waals surface area contributed by atoms with Gasteiger partial charge < -0.3 is 5.32 Å². The zero-order valence-electron chi connectivity index (χ0n) is 11.5. The molecule has 4 heteroatoms. The van der Waals surface area contributed by atoms with Crippen molar-refractivity contribution in [3.8, 4) is 0 Å². The Hall–Kier alpha value is -2.46. The van der Waals surface area contributed by atoms with Gasteiger partial charge in [0.2, 0.25) is 0 Å². The highest BCUT2D eigenvalue weighted by atomic mass is 32.1. The lowest BCUT2D eigenvalue weighted by atomic mass is 10.2. The molecule has 21 heavy (non-hydrogen) atoms. The molecule has 0 unspecified atom stereocenters. The van der Waals surface area contributed by atoms with Crippen LogP contribution >= 0.6 is 11.3 Å². The minimum absolute atomic E-state index is 0.897. The Labute approximate surface area is 126 Å². The Morgan fingerprint density at radius 1 is 1.05 bits per heavy atom. The number of nitrogens with zero attached hydrogens (tertiary/aromatic N) is 2. The lowest BCUT2D eigenvalue weighted by Gasteiger charge is -2.05. The summed E-state index contributed by atoms with van der Waals surface area (Å²) >= 11 is 1.66. The molecule has 2 aromatic carbocycles. The van der Waals surface area contributed by atoms with Gasteiger partial charge in [-0.15, -0.1) is 0 Å². The fraction of sp³-hybridized carbons (Fsp3) is 0.0588. The van der Waals surface area contributed by atoms with Gasteiger partial charge >= 0.3 is 0 Å². The quantitative estimate of drug-likeness (QED) is 0.571. The molecule has 2 aromatic heterocycles. The van der Waals surface area contributed by atoms with Crippen LogP contribution in [0.25, 0.3) is 21.1 Å². The Bertz CT molecular complexity index is 938. The van der Waals surface area contributed by atoms with Crippen molar-refractivity contribution in [3.63, 3.8) is 0 Å². The van der Waals surface area contributed by atoms with Gasteiger partial charge in [0, 0.05) is 11.6 Å². The summed E-state index contributed by atoms with van der Waals surface area (Å²) in [4.78, 5) is 9.10. The van der Waals surface area contributed by atoms with E-state index in [1.807, 2.05) is 24.4 Å². The largest absolute Gasteiger partial charge is 0.330 e. The summed E-state index contributed by atoms with van der Waals surface area (Å²) in [5.74, 6) is 0. The molecular formula is C17H13N3S. The second-order valence-corrected chi connectivity index (χ2v) is 6.03. The van der Waals surface area contributed by atoms with Crippen LogP contribution in [0.4, 0.5) is 10.8 Å². The highest BCUT2D eigenvalue weighted by molar-refractivity contribution is 7.22. The number of thiazole rings is 1. The maximum atomic E-state index is 4.64. The van der Waals surface area contributed by atoms with Gasteiger partial charge in [-0.1, -0.05) is 35.6 Å². The lowest BCUT2D eigenvalue weighted by Crippen LogP contribution is -1.91. The van der Waals surface area contributed by atoms with Gasteiger partial charge in [-0.05, 0) is 36.8 Å². The molecule has 0 spiro atoms. The van der Waals surface area contributed by atoms with Crippen LogP contribution in [0.15, 0.2) is 54.7 Å². The number of para-hydroxylation sites is 1. The van der Waals surface area contributed by atoms with E-state index < -0.39 is 0 Å². The maximum absolute atomic E-state index is 4.64. The molecule has 2 heterocycles. The van der Waals surface area contributed by atoms with Crippen LogP contribution in [0.2, 0.25) is 0 Å². The summed E-state index contributed by atoms with van der Waals surface area (Å²) < 4.78 is 1.20. The third-order valence-corrected chi connectivity index (χ3v) is 4.35. The fourth-order valence-corrected chi connectivity index (χ4v) is 3.38. The van der Waals surface area contributed by atoms with E-state index in [1.165, 1.54) is 10.3 Å². The first kappa shape index (κ1) is 12.3. The predicted octanol–water partition coefficient (Wildman–Crippen LogP) is 4.90. The molecule has 0 amide bonds. The highest BCUT2D eigenvalue weighted by Crippen LogP contribution is 2.31. The van der Waals surface area contributed by atoms with E-state index in [-0.39, 0.29) is 0 Å². The molecule has 0 aliphatic rings. The van der Waals surface area contributed by atoms with Crippen LogP contribution in [-0.4, -0.2) is 9.97 Å². The van der Waals surface area contributed by atoms with E-state index in [4.69, 9.17) is 0 Å². The number of anilines is 2. The van der Waals surface area contributed by atoms with E-state index in [9.17, 15) is 0 Å². The number of benzene rings is 2. The number of rotatable bonds is 2. The number of hydrogen-bond acceptors (Lipinski definition) is 4. The first-order valence-electron chi connectivity index (χ1n) is 6.77. The smallest absolute Gasteiger partial charge is 0.188 e. The molecule has 4 rings (SSSR count). The minimum atomic E-state index is 0.897. The molecule has 4 aromatic rings. The van der Waals surface area contributed by atoms with Gasteiger partial charge in [0.1, 0.15) is 0 Å². The number of pyridine rings is 1. The third-order valence-electron chi connectivity index (χ3n) is 3.42. The van der Waals surface area contributed by atoms with Crippen molar-refractivity contribution in [1.29, 1.82) is 0 Å². The van der Waals surface area contributed by atoms with Crippen molar-refractivity contribution in [3.05, 3.63) is 60.3 Å². The molecule has 0 aliphatic heterocycles. The first-order chi connectivity index (χ1) is 10.3. The zero-order valence-corrected chi connectivity index (χ0v) is 12.3. The monoisotopic (exact) mass is 291 g/mol. The van der Waals surface area contributed by atoms with Crippen LogP contribution in [0.3, 0.4) is 0 Å². The summed E-state index contributed by atoms with van der Waals surface area (Å²) in [7, 11) is 0. The van der Waals surface area contributed by atoms with Gasteiger partial charge in [0.25, 0.3) is 0 Å². The van der Waals surface area contributed by atoms with E-state index in [1.54, 1.807) is 11.3 Å². The molecule has 0 radical (unpaired) electrons. The van der Waals surface area contributed by atoms with Crippen LogP contribution in [0, 0.1) is 6.92 Å². The van der Waals surface area contributed by atoms with Crippen molar-refractivity contribution in [2.45, 2.75) is 6.92 Å². The van der Waals surface area contributed by atoms with Crippen molar-refractivity contribution < 1.29 is 0 Å². The maximum Gasteiger partial charge on any atom is 0.188 e. The standard InChI is InChI=1S/C17H13N3S/c1-11-7-8-13-15(10-11)21-17(19-13)20-14-6-2-4-12-5-3-9-18-16(12)14/h2-10H,1H3,(H,19,20). The Balaban J connectivity index is 1.79. The second-order valence-electron chi connectivity index (χ2n) is 5.00. The van der Waals surface area contributed by atoms with Crippen LogP contribution in [-0.2, 0) is 0 Å². The molecule has 3 nitrogen and oxygen atoms in total. The van der Waals surface area contributed by atoms with Gasteiger partial charge in [-0.2, -0.15) is 0 Å². The average molecular weight is 291 g/mol. The molecule has 0 bridgehead atoms. The molecule has 1 N–H and O–H groups in total. The molecule has 0 atom stereocenters. The predicted molar refractivity (Wildman–Crippen MR) is 89.4 cm³/mol. The lowest BCUT2D eigenvalue weighted by molar-refractivity contribution is 1.39. The Kier molecular flexibility index (Phi) is 2.82. The summed E-state index contributed by atoms with van der Waals surface area (Å²) in [6.45, 7) is 2.10. The van der Waals surface area contributed by atoms with Gasteiger partial charge in [0.15, 0.2) is 5.13 Å². The Morgan fingerprint density at radius 3 is 2.90 bits per heavy atom. The molecule has 0 saturated carbocycles. The molecule has 0 saturated heterocycles. The third kappa shape index (κ3) is 2.23. The molecule has 0 aliphatic carbocycles. The number of aryl methyl sites for hydroxylation is 1. The highest BCUT2D eigenvalue weighted by Gasteiger charge is 2.07. The van der Waals surface area contributed by atoms with Crippen molar-refractivity contribution in [2.75, 3.05) is 5.32 Å². The number of hydrogen-bond donors (Lipinski definition) is 1. The van der Waals surface area contributed by atoms with E-state index in [2.05, 4.69) is 52.5 Å². The number of fused-ring (bicyclic) bond motifs is 2. The van der Waals surface area contributed by atoms with Crippen LogP contribution < -0.4 is 5.32 Å². The van der Waals surface area contributed by atoms with Crippen molar-refractivity contribution in [2.24, 2.45) is 0 Å². The number of aromatic nitrogens is 2. The zero-order chi connectivity index (χ0) is 14.2. The van der Waals surface area contributed by atoms with Gasteiger partial charge in [-0.25, -0.2) is 4.98 Å². The Morgan fingerprint density at radius 2 is 1.95 bits per heavy atom. The summed E-state index contributed by atoms with van der Waals surface area (Å²) in [5, 5.41) is 5.42. The first-order valence-corrected chi connectivity index (χ1v) is 7.59. The second kappa shape index (κ2) is 4.82. The van der Waals surface area contributed by atoms with E-state index >= 15 is 0 Å². The van der Waals surface area contributed by atoms with E-state index in [0.29, 0.717) is 0 Å². The summed E-state index contributed by atoms with van der Waals surface area (Å²) in [5.41, 5.74) is 4.24. The summed E-state index contributed by atoms with van der Waals surface area (Å²) in [6, 6.07) is 16.5. The molecule has 0 fully saturated rings. The number of nitrogens with one attached hydrogen (secondary N) is 1. The topological polar surface area (TPSA) is 37.8 Å². The fourth-order valence-electron chi connectivity index (χ4n) is 2.41. The molecular weight excluding hydrogens is 278 g/mol. The normalized spacial score (nSPS) is 11.1. The van der Waals surface area contributed by atoms with Gasteiger partial charge in [0.05, 0.1) is 21.4 Å². The van der Waals surface area contributed by atoms with E-state index in [0.717, 1.165) is 27.2 Å². The van der Waals surface area contributed by atoms with Crippen LogP contribution in [0.1, 0.15) is 5.56 Å². The average Bonchev–Trinajstić information content (AvgIpc) is 2.89. The minimum Gasteiger partial charge on any atom is -0.330 e.